The van der Waals surface area contributed by atoms with Crippen LogP contribution >= 0.6 is 0 Å². The first-order chi connectivity index (χ1) is 17.4. The van der Waals surface area contributed by atoms with Crippen molar-refractivity contribution in [2.75, 3.05) is 26.7 Å². The first-order valence-corrected chi connectivity index (χ1v) is 13.8. The number of carbonyl (C=O) groups excluding carboxylic acids is 3. The monoisotopic (exact) mass is 510 g/mol. The van der Waals surface area contributed by atoms with Crippen molar-refractivity contribution in [3.8, 4) is 0 Å². The molecule has 4 heterocycles. The minimum Gasteiger partial charge on any atom is -0.444 e. The molecular formula is C29H42N4O4. The van der Waals surface area contributed by atoms with E-state index in [0.29, 0.717) is 25.9 Å². The maximum absolute atomic E-state index is 13.4. The summed E-state index contributed by atoms with van der Waals surface area (Å²) in [5, 5.41) is 0. The zero-order chi connectivity index (χ0) is 26.7. The predicted molar refractivity (Wildman–Crippen MR) is 141 cm³/mol. The van der Waals surface area contributed by atoms with Crippen LogP contribution in [0.1, 0.15) is 71.8 Å². The highest BCUT2D eigenvalue weighted by molar-refractivity contribution is 6.07. The van der Waals surface area contributed by atoms with Crippen LogP contribution in [0.3, 0.4) is 0 Å². The maximum Gasteiger partial charge on any atom is 0.410 e. The molecule has 4 aliphatic heterocycles. The number of carbonyl (C=O) groups is 3. The summed E-state index contributed by atoms with van der Waals surface area (Å²) in [6, 6.07) is 10.8. The summed E-state index contributed by atoms with van der Waals surface area (Å²) in [5.74, 6) is 0.468. The molecule has 37 heavy (non-hydrogen) atoms. The van der Waals surface area contributed by atoms with E-state index in [2.05, 4.69) is 29.2 Å². The summed E-state index contributed by atoms with van der Waals surface area (Å²) >= 11 is 0. The van der Waals surface area contributed by atoms with Gasteiger partial charge in [0.1, 0.15) is 11.1 Å². The number of nitrogens with zero attached hydrogens (tertiary/aromatic N) is 4. The number of imide groups is 1. The molecule has 0 radical (unpaired) electrons. The SMILES string of the molecule is CC(C)N1C(=O)N(C)C(=O)C12CC1CCC(C2)N1C[C@H]1CN(C(=O)OC(C)(C)C)C[C@@H]1c1ccccc1. The Morgan fingerprint density at radius 3 is 2.24 bits per heavy atom. The van der Waals surface area contributed by atoms with Crippen molar-refractivity contribution in [1.29, 1.82) is 0 Å². The fraction of sp³-hybridized carbons (Fsp3) is 0.690. The van der Waals surface area contributed by atoms with Crippen LogP contribution in [0.5, 0.6) is 0 Å². The number of likely N-dealkylation sites (N-methyl/N-ethyl adjacent to an activating group) is 1. The molecule has 0 saturated carbocycles. The molecule has 4 aliphatic rings. The normalized spacial score (nSPS) is 32.4. The number of fused-ring (bicyclic) bond motifs is 2. The molecule has 8 nitrogen and oxygen atoms in total. The van der Waals surface area contributed by atoms with Crippen molar-refractivity contribution >= 4 is 18.0 Å². The molecule has 4 amide bonds. The molecule has 8 heteroatoms. The number of likely N-dealkylation sites (tertiary alicyclic amines) is 1. The molecular weight excluding hydrogens is 468 g/mol. The van der Waals surface area contributed by atoms with Crippen molar-refractivity contribution in [2.24, 2.45) is 5.92 Å². The zero-order valence-electron chi connectivity index (χ0n) is 23.1. The molecule has 0 N–H and O–H groups in total. The number of urea groups is 1. The van der Waals surface area contributed by atoms with Gasteiger partial charge in [0.25, 0.3) is 5.91 Å². The summed E-state index contributed by atoms with van der Waals surface area (Å²) in [6.07, 6.45) is 3.22. The fourth-order valence-corrected chi connectivity index (χ4v) is 7.43. The van der Waals surface area contributed by atoms with Crippen molar-refractivity contribution in [2.45, 2.75) is 95.5 Å². The average molecular weight is 511 g/mol. The largest absolute Gasteiger partial charge is 0.444 e. The smallest absolute Gasteiger partial charge is 0.410 e. The Kier molecular flexibility index (Phi) is 6.54. The highest BCUT2D eigenvalue weighted by atomic mass is 16.6. The third kappa shape index (κ3) is 4.51. The van der Waals surface area contributed by atoms with E-state index in [4.69, 9.17) is 4.74 Å². The van der Waals surface area contributed by atoms with E-state index in [-0.39, 0.29) is 48.0 Å². The Morgan fingerprint density at radius 2 is 1.68 bits per heavy atom. The Morgan fingerprint density at radius 1 is 1.05 bits per heavy atom. The number of piperidine rings is 1. The van der Waals surface area contributed by atoms with Gasteiger partial charge in [-0.2, -0.15) is 0 Å². The van der Waals surface area contributed by atoms with Gasteiger partial charge < -0.3 is 14.5 Å². The molecule has 5 rings (SSSR count). The van der Waals surface area contributed by atoms with Crippen molar-refractivity contribution in [1.82, 2.24) is 19.6 Å². The Bertz CT molecular complexity index is 1040. The number of hydrogen-bond acceptors (Lipinski definition) is 5. The minimum atomic E-state index is -0.723. The van der Waals surface area contributed by atoms with Gasteiger partial charge in [0.05, 0.1) is 0 Å². The van der Waals surface area contributed by atoms with E-state index in [1.54, 1.807) is 7.05 Å². The molecule has 4 fully saturated rings. The van der Waals surface area contributed by atoms with E-state index in [1.807, 2.05) is 50.5 Å². The van der Waals surface area contributed by atoms with Crippen LogP contribution in [0, 0.1) is 5.92 Å². The van der Waals surface area contributed by atoms with E-state index in [0.717, 1.165) is 19.4 Å². The third-order valence-corrected chi connectivity index (χ3v) is 8.86. The molecule has 1 aromatic rings. The van der Waals surface area contributed by atoms with Gasteiger partial charge in [-0.1, -0.05) is 30.3 Å². The second-order valence-corrected chi connectivity index (χ2v) is 12.8. The summed E-state index contributed by atoms with van der Waals surface area (Å²) in [4.78, 5) is 47.1. The minimum absolute atomic E-state index is 0.0213. The van der Waals surface area contributed by atoms with Gasteiger partial charge in [-0.05, 0) is 71.8 Å². The molecule has 202 valence electrons. The van der Waals surface area contributed by atoms with Gasteiger partial charge in [-0.15, -0.1) is 0 Å². The highest BCUT2D eigenvalue weighted by Crippen LogP contribution is 2.49. The average Bonchev–Trinajstić information content (AvgIpc) is 3.40. The lowest BCUT2D eigenvalue weighted by molar-refractivity contribution is -0.137. The molecule has 1 aromatic carbocycles. The summed E-state index contributed by atoms with van der Waals surface area (Å²) in [6.45, 7) is 11.9. The molecule has 4 atom stereocenters. The number of hydrogen-bond donors (Lipinski definition) is 0. The van der Waals surface area contributed by atoms with Gasteiger partial charge in [-0.3, -0.25) is 14.6 Å². The first-order valence-electron chi connectivity index (χ1n) is 13.8. The van der Waals surface area contributed by atoms with Crippen LogP contribution < -0.4 is 0 Å². The maximum atomic E-state index is 13.4. The second-order valence-electron chi connectivity index (χ2n) is 12.8. The lowest BCUT2D eigenvalue weighted by Crippen LogP contribution is -2.62. The van der Waals surface area contributed by atoms with E-state index < -0.39 is 11.1 Å². The quantitative estimate of drug-likeness (QED) is 0.565. The van der Waals surface area contributed by atoms with Crippen LogP contribution in [-0.4, -0.2) is 93.6 Å². The van der Waals surface area contributed by atoms with Crippen molar-refractivity contribution < 1.29 is 19.1 Å². The fourth-order valence-electron chi connectivity index (χ4n) is 7.43. The van der Waals surface area contributed by atoms with Crippen LogP contribution in [0.15, 0.2) is 30.3 Å². The van der Waals surface area contributed by atoms with Gasteiger partial charge in [0.2, 0.25) is 0 Å². The summed E-state index contributed by atoms with van der Waals surface area (Å²) < 4.78 is 5.72. The number of amides is 4. The highest BCUT2D eigenvalue weighted by Gasteiger charge is 2.62. The molecule has 4 saturated heterocycles. The van der Waals surface area contributed by atoms with Gasteiger partial charge in [-0.25, -0.2) is 9.59 Å². The van der Waals surface area contributed by atoms with Gasteiger partial charge in [0.15, 0.2) is 0 Å². The van der Waals surface area contributed by atoms with Crippen molar-refractivity contribution in [3.05, 3.63) is 35.9 Å². The predicted octanol–water partition coefficient (Wildman–Crippen LogP) is 4.31. The number of ether oxygens (including phenoxy) is 1. The van der Waals surface area contributed by atoms with E-state index in [9.17, 15) is 14.4 Å². The summed E-state index contributed by atoms with van der Waals surface area (Å²) in [5.41, 5.74) is 0.00112. The Labute approximate surface area is 220 Å². The van der Waals surface area contributed by atoms with Crippen LogP contribution in [0.4, 0.5) is 9.59 Å². The molecule has 1 spiro atoms. The molecule has 2 bridgehead atoms. The topological polar surface area (TPSA) is 73.4 Å². The van der Waals surface area contributed by atoms with Crippen LogP contribution in [0.25, 0.3) is 0 Å². The van der Waals surface area contributed by atoms with Crippen LogP contribution in [-0.2, 0) is 9.53 Å². The zero-order valence-corrected chi connectivity index (χ0v) is 23.1. The van der Waals surface area contributed by atoms with E-state index >= 15 is 0 Å². The lowest BCUT2D eigenvalue weighted by Gasteiger charge is -2.48. The van der Waals surface area contributed by atoms with Crippen LogP contribution in [0.2, 0.25) is 0 Å². The number of benzene rings is 1. The molecule has 2 unspecified atom stereocenters. The third-order valence-electron chi connectivity index (χ3n) is 8.86. The van der Waals surface area contributed by atoms with Gasteiger partial charge in [0, 0.05) is 50.7 Å². The summed E-state index contributed by atoms with van der Waals surface area (Å²) in [7, 11) is 1.62. The van der Waals surface area contributed by atoms with Crippen molar-refractivity contribution in [3.63, 3.8) is 0 Å². The standard InChI is InChI=1S/C29H42N4O4/c1-19(2)33-26(35)30(6)25(34)29(33)14-22-12-13-23(15-29)32(22)17-21-16-31(27(36)37-28(3,4)5)18-24(21)20-10-8-7-9-11-20/h7-11,19,21-24H,12-18H2,1-6H3/t21-,22?,23?,24-,29?/m1/s1. The number of rotatable bonds is 4. The van der Waals surface area contributed by atoms with E-state index in [1.165, 1.54) is 10.5 Å². The second kappa shape index (κ2) is 9.29. The Hall–Kier alpha value is -2.61. The molecule has 0 aromatic heterocycles. The first kappa shape index (κ1) is 26.0. The Balaban J connectivity index is 1.37. The van der Waals surface area contributed by atoms with Gasteiger partial charge >= 0.3 is 12.1 Å². The lowest BCUT2D eigenvalue weighted by atomic mass is 9.79. The molecule has 0 aliphatic carbocycles.